The Hall–Kier alpha value is -2.12. The molecule has 0 bridgehead atoms. The number of amides is 2. The van der Waals surface area contributed by atoms with Crippen molar-refractivity contribution in [2.75, 3.05) is 39.3 Å². The molecular formula is C16H19N3O3S. The third-order valence-corrected chi connectivity index (χ3v) is 4.57. The van der Waals surface area contributed by atoms with Gasteiger partial charge in [-0.25, -0.2) is 0 Å². The zero-order chi connectivity index (χ0) is 16.1. The minimum Gasteiger partial charge on any atom is -0.459 e. The van der Waals surface area contributed by atoms with Crippen molar-refractivity contribution in [3.8, 4) is 0 Å². The SMILES string of the molecule is O=C(NCCN1CCN(C(=O)c2ccsc2)CC1)c1ccco1. The summed E-state index contributed by atoms with van der Waals surface area (Å²) in [4.78, 5) is 28.1. The van der Waals surface area contributed by atoms with Crippen LogP contribution in [-0.2, 0) is 0 Å². The highest BCUT2D eigenvalue weighted by atomic mass is 32.1. The zero-order valence-corrected chi connectivity index (χ0v) is 13.6. The number of rotatable bonds is 5. The van der Waals surface area contributed by atoms with E-state index in [1.54, 1.807) is 12.1 Å². The van der Waals surface area contributed by atoms with E-state index in [1.807, 2.05) is 21.7 Å². The van der Waals surface area contributed by atoms with Crippen molar-refractivity contribution in [2.24, 2.45) is 0 Å². The molecule has 1 saturated heterocycles. The van der Waals surface area contributed by atoms with Gasteiger partial charge in [0.25, 0.3) is 11.8 Å². The van der Waals surface area contributed by atoms with Crippen molar-refractivity contribution >= 4 is 23.2 Å². The van der Waals surface area contributed by atoms with Crippen LogP contribution in [0.5, 0.6) is 0 Å². The molecule has 0 radical (unpaired) electrons. The fourth-order valence-corrected chi connectivity index (χ4v) is 3.20. The predicted octanol–water partition coefficient (Wildman–Crippen LogP) is 1.53. The van der Waals surface area contributed by atoms with Gasteiger partial charge < -0.3 is 14.6 Å². The van der Waals surface area contributed by atoms with Gasteiger partial charge in [-0.1, -0.05) is 0 Å². The van der Waals surface area contributed by atoms with E-state index in [-0.39, 0.29) is 11.8 Å². The fourth-order valence-electron chi connectivity index (χ4n) is 2.57. The van der Waals surface area contributed by atoms with Gasteiger partial charge in [0.1, 0.15) is 0 Å². The lowest BCUT2D eigenvalue weighted by atomic mass is 10.2. The summed E-state index contributed by atoms with van der Waals surface area (Å²) in [5, 5.41) is 6.64. The summed E-state index contributed by atoms with van der Waals surface area (Å²) in [5.41, 5.74) is 0.772. The first-order valence-corrected chi connectivity index (χ1v) is 8.54. The van der Waals surface area contributed by atoms with Gasteiger partial charge in [0.05, 0.1) is 11.8 Å². The maximum absolute atomic E-state index is 12.2. The van der Waals surface area contributed by atoms with Crippen molar-refractivity contribution in [1.29, 1.82) is 0 Å². The van der Waals surface area contributed by atoms with E-state index < -0.39 is 0 Å². The molecule has 2 aromatic heterocycles. The first-order chi connectivity index (χ1) is 11.2. The van der Waals surface area contributed by atoms with Crippen LogP contribution in [0.15, 0.2) is 39.6 Å². The van der Waals surface area contributed by atoms with Gasteiger partial charge in [0.2, 0.25) is 0 Å². The molecule has 3 rings (SSSR count). The summed E-state index contributed by atoms with van der Waals surface area (Å²) in [6.45, 7) is 4.44. The predicted molar refractivity (Wildman–Crippen MR) is 87.7 cm³/mol. The molecule has 1 N–H and O–H groups in total. The molecule has 23 heavy (non-hydrogen) atoms. The number of piperazine rings is 1. The summed E-state index contributed by atoms with van der Waals surface area (Å²) >= 11 is 1.54. The molecule has 1 aliphatic rings. The Labute approximate surface area is 138 Å². The standard InChI is InChI=1S/C16H19N3O3S/c20-15(14-2-1-10-22-14)17-4-5-18-6-8-19(9-7-18)16(21)13-3-11-23-12-13/h1-3,10-12H,4-9H2,(H,17,20). The molecule has 0 spiro atoms. The number of hydrogen-bond acceptors (Lipinski definition) is 5. The molecule has 2 aromatic rings. The second-order valence-corrected chi connectivity index (χ2v) is 6.16. The lowest BCUT2D eigenvalue weighted by molar-refractivity contribution is 0.0638. The van der Waals surface area contributed by atoms with Crippen LogP contribution in [0, 0.1) is 0 Å². The molecule has 6 nitrogen and oxygen atoms in total. The van der Waals surface area contributed by atoms with Crippen molar-refractivity contribution < 1.29 is 14.0 Å². The number of furan rings is 1. The maximum Gasteiger partial charge on any atom is 0.287 e. The Morgan fingerprint density at radius 1 is 1.22 bits per heavy atom. The average Bonchev–Trinajstić information content (AvgIpc) is 3.28. The van der Waals surface area contributed by atoms with Crippen LogP contribution in [0.4, 0.5) is 0 Å². The zero-order valence-electron chi connectivity index (χ0n) is 12.7. The summed E-state index contributed by atoms with van der Waals surface area (Å²) in [6, 6.07) is 5.20. The first-order valence-electron chi connectivity index (χ1n) is 7.59. The van der Waals surface area contributed by atoms with Gasteiger partial charge in [0.15, 0.2) is 5.76 Å². The van der Waals surface area contributed by atoms with Crippen molar-refractivity contribution in [1.82, 2.24) is 15.1 Å². The van der Waals surface area contributed by atoms with E-state index in [1.165, 1.54) is 17.6 Å². The lowest BCUT2D eigenvalue weighted by Crippen LogP contribution is -2.50. The summed E-state index contributed by atoms with van der Waals surface area (Å²) < 4.78 is 5.04. The molecule has 2 amide bonds. The molecule has 122 valence electrons. The van der Waals surface area contributed by atoms with Crippen LogP contribution in [-0.4, -0.2) is 60.9 Å². The second-order valence-electron chi connectivity index (χ2n) is 5.38. The molecule has 3 heterocycles. The van der Waals surface area contributed by atoms with E-state index in [9.17, 15) is 9.59 Å². The highest BCUT2D eigenvalue weighted by molar-refractivity contribution is 7.08. The normalized spacial score (nSPS) is 15.6. The van der Waals surface area contributed by atoms with Crippen LogP contribution < -0.4 is 5.32 Å². The number of hydrogen-bond donors (Lipinski definition) is 1. The minimum atomic E-state index is -0.193. The number of carbonyl (C=O) groups is 2. The summed E-state index contributed by atoms with van der Waals surface area (Å²) in [7, 11) is 0. The van der Waals surface area contributed by atoms with Crippen molar-refractivity contribution in [2.45, 2.75) is 0 Å². The van der Waals surface area contributed by atoms with Crippen LogP contribution in [0.3, 0.4) is 0 Å². The average molecular weight is 333 g/mol. The summed E-state index contributed by atoms with van der Waals surface area (Å²) in [6.07, 6.45) is 1.48. The molecule has 0 aliphatic carbocycles. The number of nitrogens with zero attached hydrogens (tertiary/aromatic N) is 2. The van der Waals surface area contributed by atoms with E-state index in [2.05, 4.69) is 10.2 Å². The van der Waals surface area contributed by atoms with Gasteiger partial charge in [-0.3, -0.25) is 14.5 Å². The Balaban J connectivity index is 1.38. The Morgan fingerprint density at radius 2 is 2.04 bits per heavy atom. The Morgan fingerprint density at radius 3 is 2.70 bits per heavy atom. The topological polar surface area (TPSA) is 65.8 Å². The van der Waals surface area contributed by atoms with E-state index in [4.69, 9.17) is 4.42 Å². The van der Waals surface area contributed by atoms with E-state index >= 15 is 0 Å². The maximum atomic E-state index is 12.2. The van der Waals surface area contributed by atoms with Crippen LogP contribution in [0.1, 0.15) is 20.9 Å². The largest absolute Gasteiger partial charge is 0.459 e. The molecular weight excluding hydrogens is 314 g/mol. The highest BCUT2D eigenvalue weighted by Crippen LogP contribution is 2.11. The molecule has 1 fully saturated rings. The van der Waals surface area contributed by atoms with Crippen LogP contribution in [0.25, 0.3) is 0 Å². The van der Waals surface area contributed by atoms with Gasteiger partial charge in [-0.05, 0) is 23.6 Å². The first kappa shape index (κ1) is 15.8. The van der Waals surface area contributed by atoms with Crippen molar-refractivity contribution in [3.05, 3.63) is 46.5 Å². The quantitative estimate of drug-likeness (QED) is 0.901. The van der Waals surface area contributed by atoms with Gasteiger partial charge in [-0.15, -0.1) is 0 Å². The lowest BCUT2D eigenvalue weighted by Gasteiger charge is -2.34. The smallest absolute Gasteiger partial charge is 0.287 e. The number of nitrogens with one attached hydrogen (secondary N) is 1. The molecule has 0 atom stereocenters. The highest BCUT2D eigenvalue weighted by Gasteiger charge is 2.22. The Kier molecular flexibility index (Phi) is 5.09. The Bertz CT molecular complexity index is 629. The monoisotopic (exact) mass is 333 g/mol. The van der Waals surface area contributed by atoms with E-state index in [0.29, 0.717) is 12.3 Å². The fraction of sp³-hybridized carbons (Fsp3) is 0.375. The third-order valence-electron chi connectivity index (χ3n) is 3.89. The number of carbonyl (C=O) groups excluding carboxylic acids is 2. The van der Waals surface area contributed by atoms with Crippen LogP contribution >= 0.6 is 11.3 Å². The molecule has 1 aliphatic heterocycles. The minimum absolute atomic E-state index is 0.108. The van der Waals surface area contributed by atoms with E-state index in [0.717, 1.165) is 38.3 Å². The molecule has 0 unspecified atom stereocenters. The van der Waals surface area contributed by atoms with Gasteiger partial charge in [0, 0.05) is 44.6 Å². The van der Waals surface area contributed by atoms with Crippen LogP contribution in [0.2, 0.25) is 0 Å². The van der Waals surface area contributed by atoms with Gasteiger partial charge in [-0.2, -0.15) is 11.3 Å². The summed E-state index contributed by atoms with van der Waals surface area (Å²) in [5.74, 6) is 0.245. The number of thiophene rings is 1. The molecule has 0 aromatic carbocycles. The van der Waals surface area contributed by atoms with Gasteiger partial charge >= 0.3 is 0 Å². The second kappa shape index (κ2) is 7.43. The van der Waals surface area contributed by atoms with Crippen molar-refractivity contribution in [3.63, 3.8) is 0 Å². The molecule has 0 saturated carbocycles. The molecule has 7 heteroatoms. The third kappa shape index (κ3) is 4.00.